The maximum atomic E-state index is 13.9. The van der Waals surface area contributed by atoms with E-state index in [1.54, 1.807) is 6.92 Å². The van der Waals surface area contributed by atoms with Gasteiger partial charge in [-0.3, -0.25) is 14.6 Å². The summed E-state index contributed by atoms with van der Waals surface area (Å²) in [6.45, 7) is 1.30. The third-order valence-corrected chi connectivity index (χ3v) is 4.28. The molecule has 0 radical (unpaired) electrons. The number of nitrogens with zero attached hydrogens (tertiary/aromatic N) is 2. The molecule has 2 aromatic carbocycles. The SMILES string of the molecule is CC1C(=O)N(Cc2c(F)cccc2Cl)C(=O)N1c1ccc(F)cc1. The van der Waals surface area contributed by atoms with Crippen molar-refractivity contribution < 1.29 is 18.4 Å². The molecular formula is C17H13ClF2N2O2. The summed E-state index contributed by atoms with van der Waals surface area (Å²) in [5, 5.41) is 0.142. The number of carbonyl (C=O) groups excluding carboxylic acids is 2. The van der Waals surface area contributed by atoms with Crippen molar-refractivity contribution in [2.24, 2.45) is 0 Å². The monoisotopic (exact) mass is 350 g/mol. The fraction of sp³-hybridized carbons (Fsp3) is 0.176. The Bertz CT molecular complexity index is 790. The third kappa shape index (κ3) is 2.73. The van der Waals surface area contributed by atoms with Crippen molar-refractivity contribution in [2.45, 2.75) is 19.5 Å². The van der Waals surface area contributed by atoms with Crippen LogP contribution in [-0.4, -0.2) is 22.9 Å². The summed E-state index contributed by atoms with van der Waals surface area (Å²) in [6.07, 6.45) is 0. The molecule has 1 atom stereocenters. The van der Waals surface area contributed by atoms with Crippen molar-refractivity contribution >= 4 is 29.2 Å². The molecule has 0 saturated carbocycles. The molecule has 0 bridgehead atoms. The molecule has 24 heavy (non-hydrogen) atoms. The molecule has 3 amide bonds. The average Bonchev–Trinajstić information content (AvgIpc) is 2.75. The summed E-state index contributed by atoms with van der Waals surface area (Å²) in [7, 11) is 0. The molecule has 1 heterocycles. The van der Waals surface area contributed by atoms with E-state index in [1.807, 2.05) is 0 Å². The van der Waals surface area contributed by atoms with E-state index in [4.69, 9.17) is 11.6 Å². The summed E-state index contributed by atoms with van der Waals surface area (Å²) in [5.74, 6) is -1.50. The second-order valence-corrected chi connectivity index (χ2v) is 5.84. The lowest BCUT2D eigenvalue weighted by Gasteiger charge is -2.19. The van der Waals surface area contributed by atoms with Gasteiger partial charge in [-0.25, -0.2) is 13.6 Å². The summed E-state index contributed by atoms with van der Waals surface area (Å²) < 4.78 is 27.0. The van der Waals surface area contributed by atoms with Crippen LogP contribution in [-0.2, 0) is 11.3 Å². The number of rotatable bonds is 3. The van der Waals surface area contributed by atoms with E-state index in [-0.39, 0.29) is 17.1 Å². The van der Waals surface area contributed by atoms with Crippen LogP contribution in [0.1, 0.15) is 12.5 Å². The molecule has 1 fully saturated rings. The van der Waals surface area contributed by atoms with Crippen molar-refractivity contribution in [1.82, 2.24) is 4.90 Å². The molecule has 2 aromatic rings. The summed E-state index contributed by atoms with van der Waals surface area (Å²) in [6, 6.07) is 8.02. The van der Waals surface area contributed by atoms with Crippen LogP contribution in [0.15, 0.2) is 42.5 Å². The lowest BCUT2D eigenvalue weighted by molar-refractivity contribution is -0.127. The molecular weight excluding hydrogens is 338 g/mol. The van der Waals surface area contributed by atoms with Crippen LogP contribution in [0.5, 0.6) is 0 Å². The van der Waals surface area contributed by atoms with Gasteiger partial charge in [0.1, 0.15) is 17.7 Å². The van der Waals surface area contributed by atoms with Crippen LogP contribution >= 0.6 is 11.6 Å². The second kappa shape index (κ2) is 6.20. The van der Waals surface area contributed by atoms with Crippen LogP contribution in [0.25, 0.3) is 0 Å². The molecule has 0 aromatic heterocycles. The van der Waals surface area contributed by atoms with E-state index in [9.17, 15) is 18.4 Å². The Morgan fingerprint density at radius 3 is 2.38 bits per heavy atom. The van der Waals surface area contributed by atoms with Crippen molar-refractivity contribution in [1.29, 1.82) is 0 Å². The van der Waals surface area contributed by atoms with E-state index in [0.717, 1.165) is 4.90 Å². The first-order valence-corrected chi connectivity index (χ1v) is 7.61. The first-order valence-electron chi connectivity index (χ1n) is 7.23. The minimum Gasteiger partial charge on any atom is -0.282 e. The Morgan fingerprint density at radius 2 is 1.75 bits per heavy atom. The lowest BCUT2D eigenvalue weighted by Crippen LogP contribution is -2.33. The van der Waals surface area contributed by atoms with E-state index in [2.05, 4.69) is 0 Å². The van der Waals surface area contributed by atoms with Crippen LogP contribution in [0.2, 0.25) is 5.02 Å². The second-order valence-electron chi connectivity index (χ2n) is 5.43. The molecule has 4 nitrogen and oxygen atoms in total. The number of imide groups is 1. The Hall–Kier alpha value is -2.47. The highest BCUT2D eigenvalue weighted by molar-refractivity contribution is 6.31. The average molecular weight is 351 g/mol. The van der Waals surface area contributed by atoms with E-state index >= 15 is 0 Å². The Labute approximate surface area is 142 Å². The van der Waals surface area contributed by atoms with Crippen LogP contribution in [0, 0.1) is 11.6 Å². The van der Waals surface area contributed by atoms with Crippen molar-refractivity contribution in [3.8, 4) is 0 Å². The molecule has 3 rings (SSSR count). The molecule has 0 spiro atoms. The number of anilines is 1. The van der Waals surface area contributed by atoms with Gasteiger partial charge in [-0.2, -0.15) is 0 Å². The summed E-state index contributed by atoms with van der Waals surface area (Å²) >= 11 is 5.97. The molecule has 0 N–H and O–H groups in total. The van der Waals surface area contributed by atoms with Gasteiger partial charge in [0.2, 0.25) is 0 Å². The summed E-state index contributed by atoms with van der Waals surface area (Å²) in [5.41, 5.74) is 0.471. The predicted molar refractivity (Wildman–Crippen MR) is 85.7 cm³/mol. The van der Waals surface area contributed by atoms with Crippen molar-refractivity contribution in [3.05, 3.63) is 64.7 Å². The fourth-order valence-electron chi connectivity index (χ4n) is 2.65. The van der Waals surface area contributed by atoms with Crippen LogP contribution < -0.4 is 4.90 Å². The zero-order chi connectivity index (χ0) is 17.4. The maximum Gasteiger partial charge on any atom is 0.332 e. The zero-order valence-corrected chi connectivity index (χ0v) is 13.4. The summed E-state index contributed by atoms with van der Waals surface area (Å²) in [4.78, 5) is 27.2. The molecule has 7 heteroatoms. The van der Waals surface area contributed by atoms with E-state index in [0.29, 0.717) is 5.69 Å². The van der Waals surface area contributed by atoms with Gasteiger partial charge in [-0.1, -0.05) is 17.7 Å². The highest BCUT2D eigenvalue weighted by Gasteiger charge is 2.43. The standard InChI is InChI=1S/C17H13ClF2N2O2/c1-10-16(23)21(9-13-14(18)3-2-4-15(13)20)17(24)22(10)12-7-5-11(19)6-8-12/h2-8,10H,9H2,1H3. The quantitative estimate of drug-likeness (QED) is 0.786. The smallest absolute Gasteiger partial charge is 0.282 e. The van der Waals surface area contributed by atoms with Gasteiger partial charge in [0.25, 0.3) is 5.91 Å². The number of urea groups is 1. The number of hydrogen-bond acceptors (Lipinski definition) is 2. The highest BCUT2D eigenvalue weighted by Crippen LogP contribution is 2.29. The van der Waals surface area contributed by atoms with Gasteiger partial charge in [0.15, 0.2) is 0 Å². The van der Waals surface area contributed by atoms with E-state index < -0.39 is 29.6 Å². The first kappa shape index (κ1) is 16.4. The van der Waals surface area contributed by atoms with E-state index in [1.165, 1.54) is 47.4 Å². The molecule has 0 aliphatic carbocycles. The first-order chi connectivity index (χ1) is 11.4. The van der Waals surface area contributed by atoms with Gasteiger partial charge >= 0.3 is 6.03 Å². The maximum absolute atomic E-state index is 13.9. The van der Waals surface area contributed by atoms with Crippen molar-refractivity contribution in [3.63, 3.8) is 0 Å². The third-order valence-electron chi connectivity index (χ3n) is 3.93. The normalized spacial score (nSPS) is 17.8. The van der Waals surface area contributed by atoms with Crippen LogP contribution in [0.3, 0.4) is 0 Å². The molecule has 1 aliphatic rings. The number of halogens is 3. The van der Waals surface area contributed by atoms with Crippen molar-refractivity contribution in [2.75, 3.05) is 4.90 Å². The molecule has 1 aliphatic heterocycles. The predicted octanol–water partition coefficient (Wildman–Crippen LogP) is 3.98. The van der Waals surface area contributed by atoms with Gasteiger partial charge in [-0.15, -0.1) is 0 Å². The minimum atomic E-state index is -0.770. The number of carbonyl (C=O) groups is 2. The zero-order valence-electron chi connectivity index (χ0n) is 12.7. The van der Waals surface area contributed by atoms with Gasteiger partial charge in [-0.05, 0) is 43.3 Å². The van der Waals surface area contributed by atoms with Crippen LogP contribution in [0.4, 0.5) is 19.3 Å². The fourth-order valence-corrected chi connectivity index (χ4v) is 2.87. The topological polar surface area (TPSA) is 40.6 Å². The Balaban J connectivity index is 1.92. The molecule has 1 saturated heterocycles. The minimum absolute atomic E-state index is 0.0778. The Kier molecular flexibility index (Phi) is 4.24. The molecule has 1 unspecified atom stereocenters. The highest BCUT2D eigenvalue weighted by atomic mass is 35.5. The Morgan fingerprint density at radius 1 is 1.08 bits per heavy atom. The number of hydrogen-bond donors (Lipinski definition) is 0. The van der Waals surface area contributed by atoms with Gasteiger partial charge in [0, 0.05) is 16.3 Å². The number of amides is 3. The van der Waals surface area contributed by atoms with Gasteiger partial charge < -0.3 is 0 Å². The largest absolute Gasteiger partial charge is 0.332 e. The van der Waals surface area contributed by atoms with Gasteiger partial charge in [0.05, 0.1) is 6.54 Å². The number of benzene rings is 2. The molecule has 124 valence electrons. The lowest BCUT2D eigenvalue weighted by atomic mass is 10.2.